The normalized spacial score (nSPS) is 10.0. The quantitative estimate of drug-likeness (QED) is 0.780. The Kier molecular flexibility index (Phi) is 3.07. The Morgan fingerprint density at radius 1 is 1.19 bits per heavy atom. The zero-order chi connectivity index (χ0) is 11.4. The van der Waals surface area contributed by atoms with Crippen molar-refractivity contribution in [3.05, 3.63) is 42.0 Å². The Morgan fingerprint density at radius 2 is 2.00 bits per heavy atom. The summed E-state index contributed by atoms with van der Waals surface area (Å²) in [6, 6.07) is 14.4. The molecule has 0 aliphatic rings. The molecule has 0 bridgehead atoms. The highest BCUT2D eigenvalue weighted by Gasteiger charge is 2.07. The minimum absolute atomic E-state index is 0.518. The second-order valence-electron chi connectivity index (χ2n) is 3.63. The van der Waals surface area contributed by atoms with E-state index in [2.05, 4.69) is 18.2 Å². The maximum absolute atomic E-state index is 8.67. The van der Waals surface area contributed by atoms with Crippen molar-refractivity contribution in [1.82, 2.24) is 0 Å². The van der Waals surface area contributed by atoms with E-state index in [4.69, 9.17) is 10.00 Å². The minimum Gasteiger partial charge on any atom is -0.496 e. The van der Waals surface area contributed by atoms with Crippen LogP contribution in [0.5, 0.6) is 5.75 Å². The van der Waals surface area contributed by atoms with E-state index in [1.807, 2.05) is 24.3 Å². The highest BCUT2D eigenvalue weighted by atomic mass is 16.5. The molecule has 0 aliphatic carbocycles. The number of fused-ring (bicyclic) bond motifs is 1. The summed E-state index contributed by atoms with van der Waals surface area (Å²) in [5, 5.41) is 11.0. The topological polar surface area (TPSA) is 33.0 Å². The van der Waals surface area contributed by atoms with Crippen LogP contribution in [0.4, 0.5) is 0 Å². The molecule has 0 amide bonds. The average Bonchev–Trinajstić information content (AvgIpc) is 2.35. The van der Waals surface area contributed by atoms with E-state index in [0.29, 0.717) is 6.42 Å². The number of benzene rings is 2. The first-order chi connectivity index (χ1) is 7.86. The number of hydrogen-bond donors (Lipinski definition) is 0. The van der Waals surface area contributed by atoms with Crippen LogP contribution in [-0.2, 0) is 6.42 Å². The number of ether oxygens (including phenoxy) is 1. The lowest BCUT2D eigenvalue weighted by molar-refractivity contribution is 0.410. The average molecular weight is 211 g/mol. The molecule has 0 heterocycles. The summed E-state index contributed by atoms with van der Waals surface area (Å²) in [6.45, 7) is 0. The van der Waals surface area contributed by atoms with E-state index >= 15 is 0 Å². The van der Waals surface area contributed by atoms with Crippen LogP contribution in [0.2, 0.25) is 0 Å². The van der Waals surface area contributed by atoms with Gasteiger partial charge in [-0.15, -0.1) is 0 Å². The lowest BCUT2D eigenvalue weighted by Gasteiger charge is -2.10. The number of nitrogens with zero attached hydrogens (tertiary/aromatic N) is 1. The number of methoxy groups -OCH3 is 1. The third-order valence-electron chi connectivity index (χ3n) is 2.70. The lowest BCUT2D eigenvalue weighted by Crippen LogP contribution is -1.93. The largest absolute Gasteiger partial charge is 0.496 e. The van der Waals surface area contributed by atoms with Gasteiger partial charge < -0.3 is 4.74 Å². The van der Waals surface area contributed by atoms with Gasteiger partial charge in [-0.1, -0.05) is 30.3 Å². The van der Waals surface area contributed by atoms with Gasteiger partial charge in [0.15, 0.2) is 0 Å². The van der Waals surface area contributed by atoms with Gasteiger partial charge in [0.25, 0.3) is 0 Å². The molecule has 2 heteroatoms. The zero-order valence-corrected chi connectivity index (χ0v) is 9.23. The van der Waals surface area contributed by atoms with Crippen LogP contribution in [0.3, 0.4) is 0 Å². The molecule has 0 spiro atoms. The van der Waals surface area contributed by atoms with Gasteiger partial charge >= 0.3 is 0 Å². The molecule has 16 heavy (non-hydrogen) atoms. The van der Waals surface area contributed by atoms with Crippen molar-refractivity contribution in [3.8, 4) is 11.8 Å². The summed E-state index contributed by atoms with van der Waals surface area (Å²) in [6.07, 6.45) is 1.26. The summed E-state index contributed by atoms with van der Waals surface area (Å²) in [7, 11) is 1.67. The molecule has 0 unspecified atom stereocenters. The molecular weight excluding hydrogens is 198 g/mol. The Hall–Kier alpha value is -2.01. The van der Waals surface area contributed by atoms with E-state index < -0.39 is 0 Å². The lowest BCUT2D eigenvalue weighted by atomic mass is 10.00. The fourth-order valence-electron chi connectivity index (χ4n) is 1.95. The summed E-state index contributed by atoms with van der Waals surface area (Å²) in [5.74, 6) is 0.869. The SMILES string of the molecule is COc1ccc2ccccc2c1CCC#N. The van der Waals surface area contributed by atoms with Gasteiger partial charge in [0, 0.05) is 12.0 Å². The van der Waals surface area contributed by atoms with Crippen LogP contribution in [-0.4, -0.2) is 7.11 Å². The maximum atomic E-state index is 8.67. The third-order valence-corrected chi connectivity index (χ3v) is 2.70. The van der Waals surface area contributed by atoms with Gasteiger partial charge in [0.1, 0.15) is 5.75 Å². The molecule has 0 N–H and O–H groups in total. The predicted molar refractivity (Wildman–Crippen MR) is 64.4 cm³/mol. The van der Waals surface area contributed by atoms with Gasteiger partial charge in [0.05, 0.1) is 13.2 Å². The van der Waals surface area contributed by atoms with Crippen molar-refractivity contribution in [2.24, 2.45) is 0 Å². The summed E-state index contributed by atoms with van der Waals surface area (Å²) in [4.78, 5) is 0. The fourth-order valence-corrected chi connectivity index (χ4v) is 1.95. The van der Waals surface area contributed by atoms with E-state index in [9.17, 15) is 0 Å². The first kappa shape index (κ1) is 10.5. The van der Waals surface area contributed by atoms with Gasteiger partial charge in [-0.25, -0.2) is 0 Å². The fraction of sp³-hybridized carbons (Fsp3) is 0.214. The smallest absolute Gasteiger partial charge is 0.122 e. The molecule has 2 aromatic carbocycles. The molecule has 0 fully saturated rings. The molecule has 0 atom stereocenters. The molecule has 0 aromatic heterocycles. The predicted octanol–water partition coefficient (Wildman–Crippen LogP) is 3.30. The summed E-state index contributed by atoms with van der Waals surface area (Å²) in [5.41, 5.74) is 1.13. The Bertz CT molecular complexity index is 540. The second-order valence-corrected chi connectivity index (χ2v) is 3.63. The summed E-state index contributed by atoms with van der Waals surface area (Å²) >= 11 is 0. The molecule has 80 valence electrons. The van der Waals surface area contributed by atoms with E-state index in [1.165, 1.54) is 10.8 Å². The van der Waals surface area contributed by atoms with Crippen molar-refractivity contribution >= 4 is 10.8 Å². The number of rotatable bonds is 3. The van der Waals surface area contributed by atoms with Crippen molar-refractivity contribution in [1.29, 1.82) is 5.26 Å². The molecule has 2 nitrogen and oxygen atoms in total. The van der Waals surface area contributed by atoms with E-state index in [-0.39, 0.29) is 0 Å². The standard InChI is InChI=1S/C14H13NO/c1-16-14-9-8-11-5-2-3-6-12(11)13(14)7-4-10-15/h2-3,5-6,8-9H,4,7H2,1H3. The number of aryl methyl sites for hydroxylation is 1. The summed E-state index contributed by atoms with van der Waals surface area (Å²) < 4.78 is 5.34. The van der Waals surface area contributed by atoms with E-state index in [0.717, 1.165) is 17.7 Å². The number of nitriles is 1. The van der Waals surface area contributed by atoms with Crippen LogP contribution in [0.15, 0.2) is 36.4 Å². The van der Waals surface area contributed by atoms with Gasteiger partial charge in [-0.05, 0) is 23.3 Å². The van der Waals surface area contributed by atoms with Crippen LogP contribution in [0, 0.1) is 11.3 Å². The van der Waals surface area contributed by atoms with Gasteiger partial charge in [-0.3, -0.25) is 0 Å². The third kappa shape index (κ3) is 1.85. The molecule has 2 aromatic rings. The molecule has 0 radical (unpaired) electrons. The Labute approximate surface area is 95.1 Å². The molecular formula is C14H13NO. The first-order valence-electron chi connectivity index (χ1n) is 5.28. The highest BCUT2D eigenvalue weighted by Crippen LogP contribution is 2.28. The monoisotopic (exact) mass is 211 g/mol. The molecule has 2 rings (SSSR count). The van der Waals surface area contributed by atoms with Crippen LogP contribution in [0.1, 0.15) is 12.0 Å². The van der Waals surface area contributed by atoms with Crippen molar-refractivity contribution < 1.29 is 4.74 Å². The van der Waals surface area contributed by atoms with Crippen LogP contribution in [0.25, 0.3) is 10.8 Å². The Balaban J connectivity index is 2.59. The van der Waals surface area contributed by atoms with Gasteiger partial charge in [0.2, 0.25) is 0 Å². The molecule has 0 aliphatic heterocycles. The van der Waals surface area contributed by atoms with Gasteiger partial charge in [-0.2, -0.15) is 5.26 Å². The molecule has 0 saturated carbocycles. The number of hydrogen-bond acceptors (Lipinski definition) is 2. The van der Waals surface area contributed by atoms with Crippen molar-refractivity contribution in [3.63, 3.8) is 0 Å². The maximum Gasteiger partial charge on any atom is 0.122 e. The second kappa shape index (κ2) is 4.67. The van der Waals surface area contributed by atoms with E-state index in [1.54, 1.807) is 7.11 Å². The Morgan fingerprint density at radius 3 is 2.75 bits per heavy atom. The van der Waals surface area contributed by atoms with Crippen molar-refractivity contribution in [2.45, 2.75) is 12.8 Å². The van der Waals surface area contributed by atoms with Crippen LogP contribution < -0.4 is 4.74 Å². The van der Waals surface area contributed by atoms with Crippen LogP contribution >= 0.6 is 0 Å². The van der Waals surface area contributed by atoms with Crippen molar-refractivity contribution in [2.75, 3.05) is 7.11 Å². The molecule has 0 saturated heterocycles. The zero-order valence-electron chi connectivity index (χ0n) is 9.23. The minimum atomic E-state index is 0.518. The first-order valence-corrected chi connectivity index (χ1v) is 5.28. The highest BCUT2D eigenvalue weighted by molar-refractivity contribution is 5.87.